The van der Waals surface area contributed by atoms with Crippen LogP contribution in [0.5, 0.6) is 5.75 Å². The highest BCUT2D eigenvalue weighted by molar-refractivity contribution is 5.75. The van der Waals surface area contributed by atoms with Crippen molar-refractivity contribution in [2.75, 3.05) is 6.61 Å². The van der Waals surface area contributed by atoms with Gasteiger partial charge in [0.15, 0.2) is 0 Å². The molecule has 1 unspecified atom stereocenters. The van der Waals surface area contributed by atoms with Crippen LogP contribution in [-0.4, -0.2) is 18.6 Å². The van der Waals surface area contributed by atoms with E-state index in [0.29, 0.717) is 31.9 Å². The first-order valence-electron chi connectivity index (χ1n) is 7.22. The fraction of sp³-hybridized carbons (Fsp3) is 0.562. The molecular formula is C16H26N2O2. The number of hydrogen-bond donors (Lipinski definition) is 2. The van der Waals surface area contributed by atoms with Gasteiger partial charge in [0.1, 0.15) is 5.75 Å². The average molecular weight is 278 g/mol. The Balaban J connectivity index is 2.48. The summed E-state index contributed by atoms with van der Waals surface area (Å²) in [5.41, 5.74) is 6.64. The van der Waals surface area contributed by atoms with E-state index in [1.165, 1.54) is 0 Å². The molecule has 0 aliphatic carbocycles. The summed E-state index contributed by atoms with van der Waals surface area (Å²) < 4.78 is 5.76. The second kappa shape index (κ2) is 8.59. The van der Waals surface area contributed by atoms with Gasteiger partial charge in [0.25, 0.3) is 0 Å². The number of carbonyl (C=O) groups excluding carboxylic acids is 1. The first kappa shape index (κ1) is 16.5. The third-order valence-electron chi connectivity index (χ3n) is 2.85. The minimum Gasteiger partial charge on any atom is -0.493 e. The zero-order valence-electron chi connectivity index (χ0n) is 12.7. The summed E-state index contributed by atoms with van der Waals surface area (Å²) in [6.07, 6.45) is 1.17. The van der Waals surface area contributed by atoms with Gasteiger partial charge in [-0.3, -0.25) is 4.79 Å². The zero-order valence-corrected chi connectivity index (χ0v) is 12.7. The lowest BCUT2D eigenvalue weighted by atomic mass is 10.1. The Hall–Kier alpha value is -1.55. The number of carbonyl (C=O) groups is 1. The predicted octanol–water partition coefficient (Wildman–Crippen LogP) is 2.46. The number of benzene rings is 1. The molecule has 0 heterocycles. The molecule has 3 N–H and O–H groups in total. The van der Waals surface area contributed by atoms with E-state index in [-0.39, 0.29) is 11.9 Å². The molecule has 0 spiro atoms. The minimum absolute atomic E-state index is 0.0287. The summed E-state index contributed by atoms with van der Waals surface area (Å²) in [5.74, 6) is 1.35. The van der Waals surface area contributed by atoms with Gasteiger partial charge < -0.3 is 15.8 Å². The fourth-order valence-corrected chi connectivity index (χ4v) is 1.69. The molecule has 0 bridgehead atoms. The van der Waals surface area contributed by atoms with E-state index in [2.05, 4.69) is 19.2 Å². The lowest BCUT2D eigenvalue weighted by molar-refractivity contribution is -0.121. The summed E-state index contributed by atoms with van der Waals surface area (Å²) >= 11 is 0. The van der Waals surface area contributed by atoms with Gasteiger partial charge in [0, 0.05) is 24.6 Å². The van der Waals surface area contributed by atoms with Gasteiger partial charge in [-0.05, 0) is 25.3 Å². The quantitative estimate of drug-likeness (QED) is 0.767. The van der Waals surface area contributed by atoms with Crippen molar-refractivity contribution in [2.45, 2.75) is 46.2 Å². The van der Waals surface area contributed by atoms with Crippen LogP contribution in [-0.2, 0) is 11.3 Å². The van der Waals surface area contributed by atoms with Crippen LogP contribution in [0.4, 0.5) is 0 Å². The van der Waals surface area contributed by atoms with Gasteiger partial charge in [-0.25, -0.2) is 0 Å². The van der Waals surface area contributed by atoms with E-state index in [4.69, 9.17) is 10.5 Å². The van der Waals surface area contributed by atoms with Gasteiger partial charge in [0.05, 0.1) is 6.61 Å². The molecule has 0 aliphatic heterocycles. The number of hydrogen-bond acceptors (Lipinski definition) is 3. The maximum Gasteiger partial charge on any atom is 0.220 e. The first-order chi connectivity index (χ1) is 9.49. The highest BCUT2D eigenvalue weighted by Gasteiger charge is 2.07. The molecule has 4 heteroatoms. The summed E-state index contributed by atoms with van der Waals surface area (Å²) in [6.45, 7) is 7.29. The molecular weight excluding hydrogens is 252 g/mol. The van der Waals surface area contributed by atoms with Crippen LogP contribution in [0.2, 0.25) is 0 Å². The standard InChI is InChI=1S/C16H26N2O2/c1-12(2)11-20-15-7-5-4-6-14(15)10-18-16(19)9-8-13(3)17/h4-7,12-13H,8-11,17H2,1-3H3,(H,18,19). The van der Waals surface area contributed by atoms with E-state index in [9.17, 15) is 4.79 Å². The van der Waals surface area contributed by atoms with Gasteiger partial charge in [-0.1, -0.05) is 32.0 Å². The fourth-order valence-electron chi connectivity index (χ4n) is 1.69. The van der Waals surface area contributed by atoms with Crippen molar-refractivity contribution >= 4 is 5.91 Å². The van der Waals surface area contributed by atoms with Crippen molar-refractivity contribution < 1.29 is 9.53 Å². The van der Waals surface area contributed by atoms with Gasteiger partial charge in [0.2, 0.25) is 5.91 Å². The van der Waals surface area contributed by atoms with Crippen LogP contribution in [0.15, 0.2) is 24.3 Å². The second-order valence-electron chi connectivity index (χ2n) is 5.61. The maximum atomic E-state index is 11.7. The first-order valence-corrected chi connectivity index (χ1v) is 7.22. The topological polar surface area (TPSA) is 64.3 Å². The van der Waals surface area contributed by atoms with E-state index in [1.54, 1.807) is 0 Å². The number of amides is 1. The van der Waals surface area contributed by atoms with Crippen molar-refractivity contribution in [2.24, 2.45) is 11.7 Å². The van der Waals surface area contributed by atoms with Crippen LogP contribution in [0.25, 0.3) is 0 Å². The monoisotopic (exact) mass is 278 g/mol. The number of para-hydroxylation sites is 1. The van der Waals surface area contributed by atoms with Crippen molar-refractivity contribution in [3.05, 3.63) is 29.8 Å². The molecule has 20 heavy (non-hydrogen) atoms. The molecule has 0 saturated carbocycles. The van der Waals surface area contributed by atoms with Crippen LogP contribution < -0.4 is 15.8 Å². The number of ether oxygens (including phenoxy) is 1. The Bertz CT molecular complexity index is 417. The molecule has 0 aliphatic rings. The minimum atomic E-state index is 0.0287. The normalized spacial score (nSPS) is 12.2. The summed E-state index contributed by atoms with van der Waals surface area (Å²) in [5, 5.41) is 2.91. The maximum absolute atomic E-state index is 11.7. The highest BCUT2D eigenvalue weighted by Crippen LogP contribution is 2.18. The van der Waals surface area contributed by atoms with Crippen LogP contribution in [0.1, 0.15) is 39.2 Å². The van der Waals surface area contributed by atoms with Crippen LogP contribution >= 0.6 is 0 Å². The second-order valence-corrected chi connectivity index (χ2v) is 5.61. The predicted molar refractivity (Wildman–Crippen MR) is 81.5 cm³/mol. The van der Waals surface area contributed by atoms with Crippen molar-refractivity contribution in [3.8, 4) is 5.75 Å². The van der Waals surface area contributed by atoms with E-state index in [0.717, 1.165) is 11.3 Å². The largest absolute Gasteiger partial charge is 0.493 e. The summed E-state index contributed by atoms with van der Waals surface area (Å²) in [4.78, 5) is 11.7. The SMILES string of the molecule is CC(C)COc1ccccc1CNC(=O)CCC(C)N. The molecule has 0 radical (unpaired) electrons. The lowest BCUT2D eigenvalue weighted by Gasteiger charge is -2.13. The Morgan fingerprint density at radius 3 is 2.65 bits per heavy atom. The molecule has 1 atom stereocenters. The molecule has 0 aromatic heterocycles. The summed E-state index contributed by atoms with van der Waals surface area (Å²) in [6, 6.07) is 7.86. The smallest absolute Gasteiger partial charge is 0.220 e. The molecule has 1 aromatic rings. The molecule has 1 rings (SSSR count). The molecule has 0 saturated heterocycles. The van der Waals surface area contributed by atoms with E-state index >= 15 is 0 Å². The van der Waals surface area contributed by atoms with Crippen LogP contribution in [0.3, 0.4) is 0 Å². The molecule has 112 valence electrons. The van der Waals surface area contributed by atoms with Crippen molar-refractivity contribution in [1.29, 1.82) is 0 Å². The molecule has 1 aromatic carbocycles. The van der Waals surface area contributed by atoms with Gasteiger partial charge in [-0.15, -0.1) is 0 Å². The third kappa shape index (κ3) is 6.57. The van der Waals surface area contributed by atoms with Crippen LogP contribution in [0, 0.1) is 5.92 Å². The lowest BCUT2D eigenvalue weighted by Crippen LogP contribution is -2.25. The van der Waals surface area contributed by atoms with E-state index < -0.39 is 0 Å². The number of nitrogens with two attached hydrogens (primary N) is 1. The molecule has 4 nitrogen and oxygen atoms in total. The van der Waals surface area contributed by atoms with Crippen molar-refractivity contribution in [3.63, 3.8) is 0 Å². The number of rotatable bonds is 8. The highest BCUT2D eigenvalue weighted by atomic mass is 16.5. The third-order valence-corrected chi connectivity index (χ3v) is 2.85. The zero-order chi connectivity index (χ0) is 15.0. The van der Waals surface area contributed by atoms with Gasteiger partial charge >= 0.3 is 0 Å². The molecule has 0 fully saturated rings. The van der Waals surface area contributed by atoms with Gasteiger partial charge in [-0.2, -0.15) is 0 Å². The Kier molecular flexibility index (Phi) is 7.09. The Morgan fingerprint density at radius 1 is 1.30 bits per heavy atom. The van der Waals surface area contributed by atoms with E-state index in [1.807, 2.05) is 31.2 Å². The molecule has 1 amide bonds. The Morgan fingerprint density at radius 2 is 2.00 bits per heavy atom. The average Bonchev–Trinajstić information content (AvgIpc) is 2.41. The number of nitrogens with one attached hydrogen (secondary N) is 1. The Labute approximate surface area is 121 Å². The summed E-state index contributed by atoms with van der Waals surface area (Å²) in [7, 11) is 0. The van der Waals surface area contributed by atoms with Crippen molar-refractivity contribution in [1.82, 2.24) is 5.32 Å².